The SMILES string of the molecule is O=C(NS(=O)(=O)c1ccccc1-c1ccccc1)c1cc2ccc([N+](=O)[O-])cc2o1. The summed E-state index contributed by atoms with van der Waals surface area (Å²) >= 11 is 0. The van der Waals surface area contributed by atoms with Crippen LogP contribution >= 0.6 is 0 Å². The molecule has 0 aliphatic carbocycles. The number of carbonyl (C=O) groups excluding carboxylic acids is 1. The minimum Gasteiger partial charge on any atom is -0.451 e. The number of furan rings is 1. The summed E-state index contributed by atoms with van der Waals surface area (Å²) in [6.45, 7) is 0. The molecule has 0 unspecified atom stereocenters. The molecule has 0 saturated carbocycles. The molecule has 0 saturated heterocycles. The number of nitrogens with one attached hydrogen (secondary N) is 1. The number of sulfonamides is 1. The molecule has 0 spiro atoms. The van der Waals surface area contributed by atoms with Gasteiger partial charge >= 0.3 is 5.91 Å². The van der Waals surface area contributed by atoms with Crippen LogP contribution in [0.5, 0.6) is 0 Å². The zero-order valence-corrected chi connectivity index (χ0v) is 16.1. The summed E-state index contributed by atoms with van der Waals surface area (Å²) in [7, 11) is -4.21. The Bertz CT molecular complexity index is 1380. The molecule has 4 rings (SSSR count). The average Bonchev–Trinajstić information content (AvgIpc) is 3.18. The van der Waals surface area contributed by atoms with Crippen LogP contribution in [-0.4, -0.2) is 19.2 Å². The molecule has 0 atom stereocenters. The number of hydrogen-bond donors (Lipinski definition) is 1. The van der Waals surface area contributed by atoms with E-state index in [0.717, 1.165) is 0 Å². The van der Waals surface area contributed by atoms with Gasteiger partial charge in [0, 0.05) is 17.0 Å². The third-order valence-electron chi connectivity index (χ3n) is 4.43. The average molecular weight is 422 g/mol. The smallest absolute Gasteiger partial charge is 0.300 e. The molecule has 0 aliphatic rings. The Kier molecular flexibility index (Phi) is 4.80. The number of nitro benzene ring substituents is 1. The number of non-ortho nitro benzene ring substituents is 1. The molecule has 8 nitrogen and oxygen atoms in total. The predicted molar refractivity (Wildman–Crippen MR) is 109 cm³/mol. The van der Waals surface area contributed by atoms with Crippen LogP contribution in [0.15, 0.2) is 88.2 Å². The van der Waals surface area contributed by atoms with Crippen LogP contribution in [-0.2, 0) is 10.0 Å². The Morgan fingerprint density at radius 2 is 1.63 bits per heavy atom. The maximum absolute atomic E-state index is 12.9. The minimum atomic E-state index is -4.21. The Labute approximate surface area is 171 Å². The first-order chi connectivity index (χ1) is 14.3. The first kappa shape index (κ1) is 19.3. The normalized spacial score (nSPS) is 11.3. The van der Waals surface area contributed by atoms with E-state index in [2.05, 4.69) is 0 Å². The summed E-state index contributed by atoms with van der Waals surface area (Å²) in [6, 6.07) is 20.4. The summed E-state index contributed by atoms with van der Waals surface area (Å²) < 4.78 is 33.2. The summed E-state index contributed by atoms with van der Waals surface area (Å²) in [6.07, 6.45) is 0. The van der Waals surface area contributed by atoms with Gasteiger partial charge in [0.25, 0.3) is 15.7 Å². The van der Waals surface area contributed by atoms with E-state index in [9.17, 15) is 23.3 Å². The Hall–Kier alpha value is -3.98. The third kappa shape index (κ3) is 3.65. The van der Waals surface area contributed by atoms with Crippen LogP contribution < -0.4 is 4.72 Å². The van der Waals surface area contributed by atoms with Crippen molar-refractivity contribution in [3.63, 3.8) is 0 Å². The molecule has 4 aromatic rings. The van der Waals surface area contributed by atoms with E-state index < -0.39 is 20.9 Å². The second-order valence-corrected chi connectivity index (χ2v) is 8.04. The number of amides is 1. The van der Waals surface area contributed by atoms with Crippen molar-refractivity contribution in [1.82, 2.24) is 4.72 Å². The van der Waals surface area contributed by atoms with Crippen LogP contribution in [0.3, 0.4) is 0 Å². The topological polar surface area (TPSA) is 120 Å². The molecule has 1 heterocycles. The summed E-state index contributed by atoms with van der Waals surface area (Å²) in [5.41, 5.74) is 1.03. The van der Waals surface area contributed by atoms with Crippen LogP contribution in [0.2, 0.25) is 0 Å². The molecule has 0 bridgehead atoms. The molecule has 9 heteroatoms. The van der Waals surface area contributed by atoms with Gasteiger partial charge < -0.3 is 4.42 Å². The van der Waals surface area contributed by atoms with Gasteiger partial charge in [0.2, 0.25) is 0 Å². The molecule has 3 aromatic carbocycles. The van der Waals surface area contributed by atoms with Crippen LogP contribution in [0.4, 0.5) is 5.69 Å². The van der Waals surface area contributed by atoms with E-state index in [0.29, 0.717) is 16.5 Å². The lowest BCUT2D eigenvalue weighted by molar-refractivity contribution is -0.384. The molecular weight excluding hydrogens is 408 g/mol. The number of nitrogens with zero attached hydrogens (tertiary/aromatic N) is 1. The van der Waals surface area contributed by atoms with Crippen molar-refractivity contribution >= 4 is 32.6 Å². The van der Waals surface area contributed by atoms with Crippen molar-refractivity contribution < 1.29 is 22.6 Å². The Morgan fingerprint density at radius 3 is 2.37 bits per heavy atom. The fourth-order valence-electron chi connectivity index (χ4n) is 3.03. The highest BCUT2D eigenvalue weighted by atomic mass is 32.2. The van der Waals surface area contributed by atoms with Crippen molar-refractivity contribution in [3.05, 3.63) is 94.7 Å². The molecule has 30 heavy (non-hydrogen) atoms. The van der Waals surface area contributed by atoms with Gasteiger partial charge in [-0.3, -0.25) is 14.9 Å². The largest absolute Gasteiger partial charge is 0.451 e. The van der Waals surface area contributed by atoms with E-state index >= 15 is 0 Å². The second kappa shape index (κ2) is 7.45. The second-order valence-electron chi connectivity index (χ2n) is 6.39. The van der Waals surface area contributed by atoms with Gasteiger partial charge in [-0.05, 0) is 23.8 Å². The summed E-state index contributed by atoms with van der Waals surface area (Å²) in [4.78, 5) is 22.8. The van der Waals surface area contributed by atoms with Crippen LogP contribution in [0, 0.1) is 10.1 Å². The lowest BCUT2D eigenvalue weighted by Gasteiger charge is -2.11. The van der Waals surface area contributed by atoms with Crippen LogP contribution in [0.25, 0.3) is 22.1 Å². The van der Waals surface area contributed by atoms with Gasteiger partial charge in [-0.25, -0.2) is 13.1 Å². The molecule has 1 amide bonds. The molecule has 150 valence electrons. The number of benzene rings is 3. The van der Waals surface area contributed by atoms with E-state index in [1.807, 2.05) is 10.8 Å². The first-order valence-corrected chi connectivity index (χ1v) is 10.2. The third-order valence-corrected chi connectivity index (χ3v) is 5.82. The highest BCUT2D eigenvalue weighted by Crippen LogP contribution is 2.28. The number of hydrogen-bond acceptors (Lipinski definition) is 6. The van der Waals surface area contributed by atoms with Crippen molar-refractivity contribution in [3.8, 4) is 11.1 Å². The predicted octanol–water partition coefficient (Wildman–Crippen LogP) is 4.13. The minimum absolute atomic E-state index is 0.0590. The quantitative estimate of drug-likeness (QED) is 0.381. The van der Waals surface area contributed by atoms with Crippen molar-refractivity contribution in [2.75, 3.05) is 0 Å². The van der Waals surface area contributed by atoms with Crippen LogP contribution in [0.1, 0.15) is 10.6 Å². The van der Waals surface area contributed by atoms with Gasteiger partial charge in [0.15, 0.2) is 5.76 Å². The Morgan fingerprint density at radius 1 is 0.933 bits per heavy atom. The van der Waals surface area contributed by atoms with E-state index in [4.69, 9.17) is 4.42 Å². The monoisotopic (exact) mass is 422 g/mol. The highest BCUT2D eigenvalue weighted by molar-refractivity contribution is 7.90. The highest BCUT2D eigenvalue weighted by Gasteiger charge is 2.24. The van der Waals surface area contributed by atoms with E-state index in [-0.39, 0.29) is 21.9 Å². The van der Waals surface area contributed by atoms with Crippen molar-refractivity contribution in [1.29, 1.82) is 0 Å². The van der Waals surface area contributed by atoms with Gasteiger partial charge in [0.05, 0.1) is 15.9 Å². The maximum atomic E-state index is 12.9. The molecule has 0 aliphatic heterocycles. The van der Waals surface area contributed by atoms with Crippen molar-refractivity contribution in [2.24, 2.45) is 0 Å². The number of carbonyl (C=O) groups is 1. The van der Waals surface area contributed by atoms with Gasteiger partial charge in [-0.2, -0.15) is 0 Å². The molecule has 1 aromatic heterocycles. The number of fused-ring (bicyclic) bond motifs is 1. The van der Waals surface area contributed by atoms with Crippen molar-refractivity contribution in [2.45, 2.75) is 4.90 Å². The Balaban J connectivity index is 1.67. The van der Waals surface area contributed by atoms with E-state index in [1.54, 1.807) is 42.5 Å². The van der Waals surface area contributed by atoms with Gasteiger partial charge in [-0.1, -0.05) is 48.5 Å². The molecule has 1 N–H and O–H groups in total. The maximum Gasteiger partial charge on any atom is 0.300 e. The van der Waals surface area contributed by atoms with E-state index in [1.165, 1.54) is 30.3 Å². The lowest BCUT2D eigenvalue weighted by atomic mass is 10.1. The summed E-state index contributed by atoms with van der Waals surface area (Å²) in [5.74, 6) is -1.25. The zero-order valence-electron chi connectivity index (χ0n) is 15.3. The van der Waals surface area contributed by atoms with Gasteiger partial charge in [0.1, 0.15) is 5.58 Å². The fourth-order valence-corrected chi connectivity index (χ4v) is 4.22. The lowest BCUT2D eigenvalue weighted by Crippen LogP contribution is -2.30. The zero-order chi connectivity index (χ0) is 21.3. The number of rotatable bonds is 5. The molecule has 0 fully saturated rings. The van der Waals surface area contributed by atoms with Gasteiger partial charge in [-0.15, -0.1) is 0 Å². The fraction of sp³-hybridized carbons (Fsp3) is 0. The standard InChI is InChI=1S/C21H14N2O6S/c24-21(19-12-15-10-11-16(23(25)26)13-18(15)29-19)22-30(27,28)20-9-5-4-8-17(20)14-6-2-1-3-7-14/h1-13H,(H,22,24). The molecular formula is C21H14N2O6S. The first-order valence-electron chi connectivity index (χ1n) is 8.75. The summed E-state index contributed by atoms with van der Waals surface area (Å²) in [5, 5.41) is 11.3. The number of nitro groups is 1. The molecule has 0 radical (unpaired) electrons.